The second-order valence-corrected chi connectivity index (χ2v) is 5.66. The third-order valence-electron chi connectivity index (χ3n) is 3.90. The van der Waals surface area contributed by atoms with Gasteiger partial charge in [0.2, 0.25) is 0 Å². The molecule has 1 fully saturated rings. The normalized spacial score (nSPS) is 22.2. The maximum absolute atomic E-state index is 11.7. The number of carbonyl (C=O) groups is 1. The molecule has 5 heteroatoms. The van der Waals surface area contributed by atoms with E-state index in [1.807, 2.05) is 18.2 Å². The number of hydrogen-bond donors (Lipinski definition) is 3. The zero-order valence-corrected chi connectivity index (χ0v) is 12.5. The van der Waals surface area contributed by atoms with Gasteiger partial charge < -0.3 is 21.1 Å². The summed E-state index contributed by atoms with van der Waals surface area (Å²) in [5.74, 6) is 0. The highest BCUT2D eigenvalue weighted by atomic mass is 16.5. The number of benzene rings is 1. The number of rotatable bonds is 7. The van der Waals surface area contributed by atoms with E-state index in [0.29, 0.717) is 12.6 Å². The maximum atomic E-state index is 11.7. The van der Waals surface area contributed by atoms with E-state index < -0.39 is 0 Å². The van der Waals surface area contributed by atoms with Crippen LogP contribution in [0.15, 0.2) is 30.3 Å². The molecular weight excluding hydrogens is 266 g/mol. The average molecular weight is 291 g/mol. The Kier molecular flexibility index (Phi) is 6.02. The molecule has 116 valence electrons. The monoisotopic (exact) mass is 291 g/mol. The minimum Gasteiger partial charge on any atom is -0.381 e. The first-order valence-corrected chi connectivity index (χ1v) is 7.54. The summed E-state index contributed by atoms with van der Waals surface area (Å²) in [6.07, 6.45) is 3.71. The van der Waals surface area contributed by atoms with Crippen molar-refractivity contribution in [3.05, 3.63) is 35.9 Å². The fourth-order valence-electron chi connectivity index (χ4n) is 2.50. The van der Waals surface area contributed by atoms with E-state index in [2.05, 4.69) is 22.8 Å². The fraction of sp³-hybridized carbons (Fsp3) is 0.562. The first kappa shape index (κ1) is 15.8. The van der Waals surface area contributed by atoms with Gasteiger partial charge in [-0.1, -0.05) is 30.3 Å². The van der Waals surface area contributed by atoms with Crippen LogP contribution in [-0.4, -0.2) is 37.9 Å². The van der Waals surface area contributed by atoms with E-state index in [-0.39, 0.29) is 18.1 Å². The minimum absolute atomic E-state index is 0.0641. The number of methoxy groups -OCH3 is 1. The van der Waals surface area contributed by atoms with Crippen LogP contribution in [0.4, 0.5) is 4.79 Å². The van der Waals surface area contributed by atoms with Crippen molar-refractivity contribution < 1.29 is 9.53 Å². The number of nitrogens with one attached hydrogen (secondary N) is 2. The first-order valence-electron chi connectivity index (χ1n) is 7.54. The Hall–Kier alpha value is -1.59. The summed E-state index contributed by atoms with van der Waals surface area (Å²) < 4.78 is 5.18. The molecule has 0 aliphatic heterocycles. The Bertz CT molecular complexity index is 432. The van der Waals surface area contributed by atoms with E-state index in [9.17, 15) is 4.79 Å². The Morgan fingerprint density at radius 3 is 2.76 bits per heavy atom. The Morgan fingerprint density at radius 1 is 1.38 bits per heavy atom. The molecule has 2 amide bonds. The van der Waals surface area contributed by atoms with Crippen LogP contribution in [0.5, 0.6) is 0 Å². The SMILES string of the molecule is COC1CC(NC(=O)NCCC(N)Cc2ccccc2)C1. The second-order valence-electron chi connectivity index (χ2n) is 5.66. The topological polar surface area (TPSA) is 76.4 Å². The van der Waals surface area contributed by atoms with Gasteiger partial charge in [0.15, 0.2) is 0 Å². The number of ether oxygens (including phenoxy) is 1. The zero-order chi connectivity index (χ0) is 15.1. The molecule has 21 heavy (non-hydrogen) atoms. The molecule has 1 aromatic carbocycles. The smallest absolute Gasteiger partial charge is 0.315 e. The summed E-state index contributed by atoms with van der Waals surface area (Å²) in [6, 6.07) is 10.4. The lowest BCUT2D eigenvalue weighted by molar-refractivity contribution is 0.0206. The van der Waals surface area contributed by atoms with Crippen molar-refractivity contribution >= 4 is 6.03 Å². The molecule has 0 radical (unpaired) electrons. The van der Waals surface area contributed by atoms with Gasteiger partial charge in [-0.25, -0.2) is 4.79 Å². The Morgan fingerprint density at radius 2 is 2.10 bits per heavy atom. The van der Waals surface area contributed by atoms with Gasteiger partial charge in [-0.2, -0.15) is 0 Å². The first-order chi connectivity index (χ1) is 10.2. The number of carbonyl (C=O) groups excluding carboxylic acids is 1. The van der Waals surface area contributed by atoms with Crippen molar-refractivity contribution in [2.75, 3.05) is 13.7 Å². The highest BCUT2D eigenvalue weighted by Gasteiger charge is 2.29. The van der Waals surface area contributed by atoms with Crippen molar-refractivity contribution in [2.24, 2.45) is 5.73 Å². The summed E-state index contributed by atoms with van der Waals surface area (Å²) >= 11 is 0. The number of hydrogen-bond acceptors (Lipinski definition) is 3. The van der Waals surface area contributed by atoms with E-state index in [0.717, 1.165) is 25.7 Å². The third-order valence-corrected chi connectivity index (χ3v) is 3.90. The average Bonchev–Trinajstić information content (AvgIpc) is 2.43. The molecule has 0 heterocycles. The van der Waals surface area contributed by atoms with Crippen molar-refractivity contribution in [3.63, 3.8) is 0 Å². The fourth-order valence-corrected chi connectivity index (χ4v) is 2.50. The molecule has 2 rings (SSSR count). The van der Waals surface area contributed by atoms with Gasteiger partial charge in [0, 0.05) is 25.7 Å². The number of amides is 2. The van der Waals surface area contributed by atoms with Crippen LogP contribution >= 0.6 is 0 Å². The molecule has 0 aromatic heterocycles. The van der Waals surface area contributed by atoms with Crippen molar-refractivity contribution in [3.8, 4) is 0 Å². The van der Waals surface area contributed by atoms with Crippen molar-refractivity contribution in [1.82, 2.24) is 10.6 Å². The quantitative estimate of drug-likeness (QED) is 0.711. The van der Waals surface area contributed by atoms with E-state index in [4.69, 9.17) is 10.5 Å². The molecule has 0 bridgehead atoms. The summed E-state index contributed by atoms with van der Waals surface area (Å²) in [6.45, 7) is 0.597. The summed E-state index contributed by atoms with van der Waals surface area (Å²) in [5.41, 5.74) is 7.31. The predicted octanol–water partition coefficient (Wildman–Crippen LogP) is 1.42. The molecule has 1 aliphatic carbocycles. The van der Waals surface area contributed by atoms with Gasteiger partial charge in [-0.3, -0.25) is 0 Å². The van der Waals surface area contributed by atoms with Crippen LogP contribution in [-0.2, 0) is 11.2 Å². The van der Waals surface area contributed by atoms with E-state index in [1.54, 1.807) is 7.11 Å². The molecule has 1 aliphatic rings. The summed E-state index contributed by atoms with van der Waals surface area (Å²) in [5, 5.41) is 5.79. The molecule has 5 nitrogen and oxygen atoms in total. The largest absolute Gasteiger partial charge is 0.381 e. The van der Waals surface area contributed by atoms with Crippen LogP contribution in [0.1, 0.15) is 24.8 Å². The van der Waals surface area contributed by atoms with E-state index >= 15 is 0 Å². The van der Waals surface area contributed by atoms with Gasteiger partial charge in [-0.05, 0) is 31.2 Å². The van der Waals surface area contributed by atoms with Gasteiger partial charge >= 0.3 is 6.03 Å². The van der Waals surface area contributed by atoms with Gasteiger partial charge in [0.25, 0.3) is 0 Å². The maximum Gasteiger partial charge on any atom is 0.315 e. The molecular formula is C16H25N3O2. The summed E-state index contributed by atoms with van der Waals surface area (Å²) in [4.78, 5) is 11.7. The number of urea groups is 1. The molecule has 1 aromatic rings. The molecule has 1 atom stereocenters. The summed E-state index contributed by atoms with van der Waals surface area (Å²) in [7, 11) is 1.70. The highest BCUT2D eigenvalue weighted by molar-refractivity contribution is 5.74. The standard InChI is InChI=1S/C16H25N3O2/c1-21-15-10-14(11-15)19-16(20)18-8-7-13(17)9-12-5-3-2-4-6-12/h2-6,13-15H,7-11,17H2,1H3,(H2,18,19,20). The Labute approximate surface area is 126 Å². The lowest BCUT2D eigenvalue weighted by atomic mass is 9.89. The van der Waals surface area contributed by atoms with Crippen LogP contribution in [0, 0.1) is 0 Å². The molecule has 1 saturated carbocycles. The molecule has 4 N–H and O–H groups in total. The van der Waals surface area contributed by atoms with Crippen molar-refractivity contribution in [2.45, 2.75) is 43.9 Å². The van der Waals surface area contributed by atoms with Gasteiger partial charge in [-0.15, -0.1) is 0 Å². The highest BCUT2D eigenvalue weighted by Crippen LogP contribution is 2.22. The van der Waals surface area contributed by atoms with Crippen LogP contribution < -0.4 is 16.4 Å². The number of nitrogens with two attached hydrogens (primary N) is 1. The predicted molar refractivity (Wildman–Crippen MR) is 83.1 cm³/mol. The molecule has 0 saturated heterocycles. The lowest BCUT2D eigenvalue weighted by Gasteiger charge is -2.34. The lowest BCUT2D eigenvalue weighted by Crippen LogP contribution is -2.51. The van der Waals surface area contributed by atoms with E-state index in [1.165, 1.54) is 5.56 Å². The minimum atomic E-state index is -0.110. The zero-order valence-electron chi connectivity index (χ0n) is 12.5. The molecule has 0 spiro atoms. The van der Waals surface area contributed by atoms with Crippen LogP contribution in [0.3, 0.4) is 0 Å². The third kappa shape index (κ3) is 5.36. The van der Waals surface area contributed by atoms with Crippen LogP contribution in [0.25, 0.3) is 0 Å². The van der Waals surface area contributed by atoms with Gasteiger partial charge in [0.05, 0.1) is 6.10 Å². The second kappa shape index (κ2) is 8.00. The van der Waals surface area contributed by atoms with Crippen molar-refractivity contribution in [1.29, 1.82) is 0 Å². The van der Waals surface area contributed by atoms with Crippen LogP contribution in [0.2, 0.25) is 0 Å². The Balaban J connectivity index is 1.55. The van der Waals surface area contributed by atoms with Gasteiger partial charge in [0.1, 0.15) is 0 Å². The molecule has 1 unspecified atom stereocenters.